The van der Waals surface area contributed by atoms with Gasteiger partial charge in [-0.25, -0.2) is 0 Å². The maximum absolute atomic E-state index is 10.9. The lowest BCUT2D eigenvalue weighted by Crippen LogP contribution is -2.31. The summed E-state index contributed by atoms with van der Waals surface area (Å²) in [7, 11) is -0.504. The van der Waals surface area contributed by atoms with E-state index in [-0.39, 0.29) is 12.1 Å². The Balaban J connectivity index is 3.76. The van der Waals surface area contributed by atoms with Gasteiger partial charge in [0.1, 0.15) is 0 Å². The average molecular weight is 162 g/mol. The average Bonchev–Trinajstić information content (AvgIpc) is 1.91. The number of carbonyl (C=O) groups is 1. The predicted molar refractivity (Wildman–Crippen MR) is 41.8 cm³/mol. The first-order valence-corrected chi connectivity index (χ1v) is 4.50. The third-order valence-corrected chi connectivity index (χ3v) is 1.79. The van der Waals surface area contributed by atoms with Gasteiger partial charge in [0.2, 0.25) is 6.16 Å². The summed E-state index contributed by atoms with van der Waals surface area (Å²) in [6.45, 7) is 5.24. The molecule has 0 aromatic heterocycles. The molecule has 0 N–H and O–H groups in total. The van der Waals surface area contributed by atoms with E-state index in [9.17, 15) is 9.36 Å². The summed E-state index contributed by atoms with van der Waals surface area (Å²) in [6, 6.07) is 0. The molecule has 0 fully saturated rings. The van der Waals surface area contributed by atoms with Crippen molar-refractivity contribution in [3.8, 4) is 0 Å². The summed E-state index contributed by atoms with van der Waals surface area (Å²) < 4.78 is 10.1. The first-order chi connectivity index (χ1) is 4.76. The minimum Gasteiger partial charge on any atom is -0.340 e. The van der Waals surface area contributed by atoms with Crippen LogP contribution in [0.2, 0.25) is 0 Å². The smallest absolute Gasteiger partial charge is 0.334 e. The zero-order valence-corrected chi connectivity index (χ0v) is 7.39. The van der Waals surface area contributed by atoms with E-state index in [4.69, 9.17) is 0 Å². The minimum atomic E-state index is -0.504. The van der Waals surface area contributed by atoms with Crippen LogP contribution >= 0.6 is 8.46 Å². The van der Waals surface area contributed by atoms with E-state index in [1.807, 2.05) is 13.8 Å². The molecule has 3 nitrogen and oxygen atoms in total. The Morgan fingerprint density at radius 2 is 1.90 bits per heavy atom. The van der Waals surface area contributed by atoms with Gasteiger partial charge >= 0.3 is 8.46 Å². The molecule has 0 aliphatic heterocycles. The number of hydrogen-bond donors (Lipinski definition) is 0. The van der Waals surface area contributed by atoms with Crippen LogP contribution in [0.25, 0.3) is 0 Å². The van der Waals surface area contributed by atoms with Crippen LogP contribution in [-0.4, -0.2) is 30.1 Å². The molecule has 0 rings (SSSR count). The largest absolute Gasteiger partial charge is 0.340 e. The van der Waals surface area contributed by atoms with Gasteiger partial charge < -0.3 is 4.90 Å². The predicted octanol–water partition coefficient (Wildman–Crippen LogP) is 0.879. The Morgan fingerprint density at radius 3 is 2.20 bits per heavy atom. The Morgan fingerprint density at radius 1 is 1.40 bits per heavy atom. The molecular weight excluding hydrogens is 149 g/mol. The van der Waals surface area contributed by atoms with Crippen LogP contribution in [-0.2, 0) is 9.36 Å². The zero-order chi connectivity index (χ0) is 7.98. The van der Waals surface area contributed by atoms with E-state index in [0.717, 1.165) is 0 Å². The highest BCUT2D eigenvalue weighted by Crippen LogP contribution is 1.96. The van der Waals surface area contributed by atoms with Gasteiger partial charge in [-0.3, -0.25) is 4.79 Å². The van der Waals surface area contributed by atoms with E-state index in [2.05, 4.69) is 0 Å². The molecule has 0 radical (unpaired) electrons. The second kappa shape index (κ2) is 5.36. The van der Waals surface area contributed by atoms with Crippen molar-refractivity contribution >= 4 is 14.4 Å². The summed E-state index contributed by atoms with van der Waals surface area (Å²) in [4.78, 5) is 12.6. The van der Waals surface area contributed by atoms with E-state index < -0.39 is 8.46 Å². The molecule has 4 heteroatoms. The molecule has 0 saturated carbocycles. The molecule has 1 unspecified atom stereocenters. The van der Waals surface area contributed by atoms with Crippen LogP contribution in [0.1, 0.15) is 13.8 Å². The van der Waals surface area contributed by atoms with Crippen molar-refractivity contribution in [1.29, 1.82) is 0 Å². The zero-order valence-electron chi connectivity index (χ0n) is 6.39. The van der Waals surface area contributed by atoms with Gasteiger partial charge in [0.15, 0.2) is 0 Å². The number of hydrogen-bond acceptors (Lipinski definition) is 2. The second-order valence-electron chi connectivity index (χ2n) is 1.89. The van der Waals surface area contributed by atoms with Crippen LogP contribution < -0.4 is 0 Å². The molecule has 0 bridgehead atoms. The third kappa shape index (κ3) is 2.92. The van der Waals surface area contributed by atoms with Crippen LogP contribution in [0.4, 0.5) is 0 Å². The fraction of sp³-hybridized carbons (Fsp3) is 0.833. The molecule has 0 aromatic carbocycles. The van der Waals surface area contributed by atoms with Gasteiger partial charge in [-0.1, -0.05) is 4.57 Å². The SMILES string of the molecule is CCN(CC)C(=O)C[PH+]=O. The summed E-state index contributed by atoms with van der Waals surface area (Å²) in [5, 5.41) is 0. The summed E-state index contributed by atoms with van der Waals surface area (Å²) in [6.07, 6.45) is 0.168. The van der Waals surface area contributed by atoms with Crippen molar-refractivity contribution in [1.82, 2.24) is 4.90 Å². The summed E-state index contributed by atoms with van der Waals surface area (Å²) >= 11 is 0. The van der Waals surface area contributed by atoms with Gasteiger partial charge in [0.25, 0.3) is 5.91 Å². The van der Waals surface area contributed by atoms with Crippen molar-refractivity contribution in [3.63, 3.8) is 0 Å². The highest BCUT2D eigenvalue weighted by molar-refractivity contribution is 7.25. The molecule has 0 aliphatic carbocycles. The van der Waals surface area contributed by atoms with Crippen molar-refractivity contribution in [3.05, 3.63) is 0 Å². The summed E-state index contributed by atoms with van der Waals surface area (Å²) in [5.74, 6) is -0.0154. The normalized spacial score (nSPS) is 9.80. The van der Waals surface area contributed by atoms with E-state index in [0.29, 0.717) is 13.1 Å². The maximum atomic E-state index is 10.9. The lowest BCUT2D eigenvalue weighted by Gasteiger charge is -2.14. The number of rotatable bonds is 4. The molecular formula is C6H13NO2P+. The first-order valence-electron chi connectivity index (χ1n) is 3.39. The van der Waals surface area contributed by atoms with E-state index >= 15 is 0 Å². The van der Waals surface area contributed by atoms with Crippen molar-refractivity contribution in [2.24, 2.45) is 0 Å². The van der Waals surface area contributed by atoms with Gasteiger partial charge in [0, 0.05) is 13.1 Å². The van der Waals surface area contributed by atoms with Crippen LogP contribution in [0.15, 0.2) is 0 Å². The lowest BCUT2D eigenvalue weighted by molar-refractivity contribution is -0.128. The van der Waals surface area contributed by atoms with Gasteiger partial charge in [-0.2, -0.15) is 0 Å². The fourth-order valence-electron chi connectivity index (χ4n) is 0.750. The van der Waals surface area contributed by atoms with Crippen LogP contribution in [0.3, 0.4) is 0 Å². The van der Waals surface area contributed by atoms with Crippen LogP contribution in [0, 0.1) is 0 Å². The Labute approximate surface area is 62.6 Å². The number of nitrogens with zero attached hydrogens (tertiary/aromatic N) is 1. The quantitative estimate of drug-likeness (QED) is 0.575. The molecule has 10 heavy (non-hydrogen) atoms. The summed E-state index contributed by atoms with van der Waals surface area (Å²) in [5.41, 5.74) is 0. The first kappa shape index (κ1) is 9.57. The molecule has 58 valence electrons. The Bertz CT molecular complexity index is 123. The monoisotopic (exact) mass is 162 g/mol. The molecule has 0 heterocycles. The number of amides is 1. The second-order valence-corrected chi connectivity index (χ2v) is 2.53. The minimum absolute atomic E-state index is 0.0154. The van der Waals surface area contributed by atoms with Gasteiger partial charge in [-0.15, -0.1) is 0 Å². The van der Waals surface area contributed by atoms with E-state index in [1.165, 1.54) is 0 Å². The number of carbonyl (C=O) groups excluding carboxylic acids is 1. The third-order valence-electron chi connectivity index (χ3n) is 1.34. The van der Waals surface area contributed by atoms with Crippen molar-refractivity contribution in [2.75, 3.05) is 19.3 Å². The maximum Gasteiger partial charge on any atom is 0.334 e. The topological polar surface area (TPSA) is 37.4 Å². The van der Waals surface area contributed by atoms with E-state index in [1.54, 1.807) is 4.90 Å². The molecule has 0 aliphatic rings. The molecule has 0 aromatic rings. The van der Waals surface area contributed by atoms with Crippen LogP contribution in [0.5, 0.6) is 0 Å². The Hall–Kier alpha value is -0.430. The Kier molecular flexibility index (Phi) is 5.13. The van der Waals surface area contributed by atoms with Gasteiger partial charge in [0.05, 0.1) is 0 Å². The standard InChI is InChI=1S/C6H12NO2P/c1-3-7(4-2)6(8)5-10-9/h3-5H2,1-2H3/p+1. The van der Waals surface area contributed by atoms with Crippen molar-refractivity contribution in [2.45, 2.75) is 13.8 Å². The van der Waals surface area contributed by atoms with Gasteiger partial charge in [-0.05, 0) is 13.8 Å². The fourth-order valence-corrected chi connectivity index (χ4v) is 1.10. The highest BCUT2D eigenvalue weighted by atomic mass is 31.1. The molecule has 0 spiro atoms. The highest BCUT2D eigenvalue weighted by Gasteiger charge is 2.11. The lowest BCUT2D eigenvalue weighted by atomic mass is 10.5. The van der Waals surface area contributed by atoms with Crippen molar-refractivity contribution < 1.29 is 9.36 Å². The molecule has 0 saturated heterocycles. The molecule has 1 atom stereocenters. The molecule has 1 amide bonds.